The average molecular weight is 227 g/mol. The van der Waals surface area contributed by atoms with Gasteiger partial charge in [-0.3, -0.25) is 0 Å². The minimum absolute atomic E-state index is 0.659. The number of rotatable bonds is 2. The van der Waals surface area contributed by atoms with Gasteiger partial charge in [-0.05, 0) is 23.6 Å². The highest BCUT2D eigenvalue weighted by Crippen LogP contribution is 2.11. The molecule has 0 saturated heterocycles. The van der Waals surface area contributed by atoms with Crippen LogP contribution in [0.2, 0.25) is 0 Å². The third kappa shape index (κ3) is 5.21. The normalized spacial score (nSPS) is 9.41. The van der Waals surface area contributed by atoms with Gasteiger partial charge in [-0.1, -0.05) is 62.4 Å². The van der Waals surface area contributed by atoms with Crippen molar-refractivity contribution in [1.82, 2.24) is 0 Å². The number of benzene rings is 2. The van der Waals surface area contributed by atoms with Gasteiger partial charge in [-0.15, -0.1) is 0 Å². The zero-order valence-electron chi connectivity index (χ0n) is 10.9. The van der Waals surface area contributed by atoms with E-state index in [-0.39, 0.29) is 0 Å². The van der Waals surface area contributed by atoms with E-state index in [1.54, 1.807) is 0 Å². The summed E-state index contributed by atoms with van der Waals surface area (Å²) in [6.45, 7) is 4.41. The van der Waals surface area contributed by atoms with Crippen LogP contribution >= 0.6 is 0 Å². The molecule has 0 aromatic heterocycles. The molecule has 0 heterocycles. The topological polar surface area (TPSA) is 12.0 Å². The largest absolute Gasteiger partial charge is 0.388 e. The molecule has 1 N–H and O–H groups in total. The number of hydrogen-bond donors (Lipinski definition) is 1. The quantitative estimate of drug-likeness (QED) is 0.794. The van der Waals surface area contributed by atoms with E-state index in [0.29, 0.717) is 5.92 Å². The molecule has 0 aliphatic rings. The average Bonchev–Trinajstić information content (AvgIpc) is 2.41. The van der Waals surface area contributed by atoms with Gasteiger partial charge in [-0.25, -0.2) is 0 Å². The highest BCUT2D eigenvalue weighted by molar-refractivity contribution is 5.41. The summed E-state index contributed by atoms with van der Waals surface area (Å²) < 4.78 is 0. The molecule has 1 heteroatoms. The van der Waals surface area contributed by atoms with E-state index in [4.69, 9.17) is 0 Å². The second-order valence-electron chi connectivity index (χ2n) is 4.18. The van der Waals surface area contributed by atoms with Crippen molar-refractivity contribution in [3.8, 4) is 0 Å². The monoisotopic (exact) mass is 227 g/mol. The lowest BCUT2D eigenvalue weighted by Crippen LogP contribution is -1.84. The Balaban J connectivity index is 0.000000171. The van der Waals surface area contributed by atoms with E-state index in [1.165, 1.54) is 5.56 Å². The minimum Gasteiger partial charge on any atom is -0.388 e. The molecule has 90 valence electrons. The van der Waals surface area contributed by atoms with Crippen LogP contribution in [0.15, 0.2) is 60.7 Å². The molecule has 1 nitrogen and oxygen atoms in total. The fourth-order valence-electron chi connectivity index (χ4n) is 1.44. The maximum atomic E-state index is 3.03. The molecule has 0 saturated carbocycles. The summed E-state index contributed by atoms with van der Waals surface area (Å²) in [4.78, 5) is 0. The highest BCUT2D eigenvalue weighted by Gasteiger charge is 1.93. The number of nitrogens with one attached hydrogen (secondary N) is 1. The van der Waals surface area contributed by atoms with Crippen molar-refractivity contribution in [3.05, 3.63) is 66.2 Å². The van der Waals surface area contributed by atoms with Crippen molar-refractivity contribution in [3.63, 3.8) is 0 Å². The van der Waals surface area contributed by atoms with Gasteiger partial charge in [0.15, 0.2) is 0 Å². The van der Waals surface area contributed by atoms with Crippen molar-refractivity contribution in [2.45, 2.75) is 19.8 Å². The van der Waals surface area contributed by atoms with Gasteiger partial charge in [-0.2, -0.15) is 0 Å². The summed E-state index contributed by atoms with van der Waals surface area (Å²) in [5.41, 5.74) is 2.57. The molecule has 2 aromatic carbocycles. The summed E-state index contributed by atoms with van der Waals surface area (Å²) in [5.74, 6) is 0.659. The zero-order chi connectivity index (χ0) is 12.5. The third-order valence-corrected chi connectivity index (χ3v) is 2.53. The third-order valence-electron chi connectivity index (χ3n) is 2.53. The Morgan fingerprint density at radius 1 is 0.765 bits per heavy atom. The number of anilines is 1. The maximum Gasteiger partial charge on any atom is 0.0337 e. The summed E-state index contributed by atoms with van der Waals surface area (Å²) in [7, 11) is 1.91. The Bertz CT molecular complexity index is 392. The molecule has 0 radical (unpaired) electrons. The Morgan fingerprint density at radius 2 is 1.24 bits per heavy atom. The molecule has 0 spiro atoms. The maximum absolute atomic E-state index is 3.03. The summed E-state index contributed by atoms with van der Waals surface area (Å²) in [6, 6.07) is 20.6. The van der Waals surface area contributed by atoms with Gasteiger partial charge in [0.2, 0.25) is 0 Å². The van der Waals surface area contributed by atoms with E-state index in [2.05, 4.69) is 43.4 Å². The first-order valence-corrected chi connectivity index (χ1v) is 6.01. The Hall–Kier alpha value is -1.76. The fraction of sp³-hybridized carbons (Fsp3) is 0.250. The minimum atomic E-state index is 0.659. The number of para-hydroxylation sites is 1. The Morgan fingerprint density at radius 3 is 1.53 bits per heavy atom. The lowest BCUT2D eigenvalue weighted by Gasteiger charge is -2.01. The van der Waals surface area contributed by atoms with Crippen LogP contribution in [0.1, 0.15) is 25.3 Å². The van der Waals surface area contributed by atoms with Gasteiger partial charge in [0, 0.05) is 12.7 Å². The van der Waals surface area contributed by atoms with Gasteiger partial charge in [0.1, 0.15) is 0 Å². The molecule has 0 aliphatic carbocycles. The Labute approximate surface area is 105 Å². The van der Waals surface area contributed by atoms with Crippen molar-refractivity contribution in [2.75, 3.05) is 12.4 Å². The molecule has 17 heavy (non-hydrogen) atoms. The molecule has 0 fully saturated rings. The predicted molar refractivity (Wildman–Crippen MR) is 76.5 cm³/mol. The summed E-state index contributed by atoms with van der Waals surface area (Å²) in [5, 5.41) is 3.03. The predicted octanol–water partition coefficient (Wildman–Crippen LogP) is 4.54. The fourth-order valence-corrected chi connectivity index (χ4v) is 1.44. The molecule has 2 aromatic rings. The standard InChI is InChI=1S/C9H12.C7H9N/c1-8(2)9-6-4-3-5-7-9;1-8-7-5-3-2-4-6-7/h3-8H,1-2H3;2-6,8H,1H3. The van der Waals surface area contributed by atoms with Gasteiger partial charge in [0.05, 0.1) is 0 Å². The van der Waals surface area contributed by atoms with Crippen LogP contribution in [0.5, 0.6) is 0 Å². The van der Waals surface area contributed by atoms with Crippen LogP contribution in [0.25, 0.3) is 0 Å². The lowest BCUT2D eigenvalue weighted by molar-refractivity contribution is 0.867. The second kappa shape index (κ2) is 7.50. The van der Waals surface area contributed by atoms with E-state index >= 15 is 0 Å². The molecule has 2 rings (SSSR count). The first-order valence-electron chi connectivity index (χ1n) is 6.01. The smallest absolute Gasteiger partial charge is 0.0337 e. The number of hydrogen-bond acceptors (Lipinski definition) is 1. The Kier molecular flexibility index (Phi) is 5.87. The highest BCUT2D eigenvalue weighted by atomic mass is 14.8. The lowest BCUT2D eigenvalue weighted by atomic mass is 10.0. The molecule has 0 atom stereocenters. The van der Waals surface area contributed by atoms with Crippen molar-refractivity contribution in [1.29, 1.82) is 0 Å². The van der Waals surface area contributed by atoms with Gasteiger partial charge < -0.3 is 5.32 Å². The van der Waals surface area contributed by atoms with E-state index in [1.807, 2.05) is 43.4 Å². The SMILES string of the molecule is CC(C)c1ccccc1.CNc1ccccc1. The van der Waals surface area contributed by atoms with Crippen LogP contribution in [-0.2, 0) is 0 Å². The molecule has 0 bridgehead atoms. The molecular weight excluding hydrogens is 206 g/mol. The molecule has 0 unspecified atom stereocenters. The van der Waals surface area contributed by atoms with Crippen molar-refractivity contribution >= 4 is 5.69 Å². The van der Waals surface area contributed by atoms with Crippen LogP contribution < -0.4 is 5.32 Å². The summed E-state index contributed by atoms with van der Waals surface area (Å²) in [6.07, 6.45) is 0. The van der Waals surface area contributed by atoms with E-state index in [0.717, 1.165) is 5.69 Å². The zero-order valence-corrected chi connectivity index (χ0v) is 10.9. The molecular formula is C16H21N. The van der Waals surface area contributed by atoms with Crippen molar-refractivity contribution in [2.24, 2.45) is 0 Å². The van der Waals surface area contributed by atoms with Gasteiger partial charge in [0.25, 0.3) is 0 Å². The van der Waals surface area contributed by atoms with E-state index < -0.39 is 0 Å². The second-order valence-corrected chi connectivity index (χ2v) is 4.18. The van der Waals surface area contributed by atoms with E-state index in [9.17, 15) is 0 Å². The first-order chi connectivity index (χ1) is 8.24. The van der Waals surface area contributed by atoms with Crippen LogP contribution in [0.3, 0.4) is 0 Å². The van der Waals surface area contributed by atoms with Crippen LogP contribution in [0.4, 0.5) is 5.69 Å². The molecule has 0 aliphatic heterocycles. The van der Waals surface area contributed by atoms with Gasteiger partial charge >= 0.3 is 0 Å². The summed E-state index contributed by atoms with van der Waals surface area (Å²) >= 11 is 0. The van der Waals surface area contributed by atoms with Crippen LogP contribution in [0, 0.1) is 0 Å². The molecule has 0 amide bonds. The van der Waals surface area contributed by atoms with Crippen molar-refractivity contribution < 1.29 is 0 Å². The van der Waals surface area contributed by atoms with Crippen LogP contribution in [-0.4, -0.2) is 7.05 Å². The first kappa shape index (κ1) is 13.3.